The van der Waals surface area contributed by atoms with E-state index in [-0.39, 0.29) is 0 Å². The first-order chi connectivity index (χ1) is 12.8. The average molecular weight is 391 g/mol. The number of anilines is 1. The van der Waals surface area contributed by atoms with Gasteiger partial charge in [-0.05, 0) is 55.3 Å². The van der Waals surface area contributed by atoms with Gasteiger partial charge >= 0.3 is 0 Å². The van der Waals surface area contributed by atoms with E-state index in [9.17, 15) is 0 Å². The minimum atomic E-state index is 0.476. The van der Waals surface area contributed by atoms with E-state index in [4.69, 9.17) is 16.6 Å². The summed E-state index contributed by atoms with van der Waals surface area (Å²) in [6.45, 7) is 5.89. The summed E-state index contributed by atoms with van der Waals surface area (Å²) in [6.07, 6.45) is 3.12. The molecule has 2 N–H and O–H groups in total. The van der Waals surface area contributed by atoms with Crippen molar-refractivity contribution in [2.75, 3.05) is 31.1 Å². The SMILES string of the molecule is CCNC(=NCCc1ccccc1Cl)NC1CCN(c2cccs2)CC1. The summed E-state index contributed by atoms with van der Waals surface area (Å²) in [5.41, 5.74) is 1.15. The molecule has 6 heteroatoms. The molecule has 0 saturated carbocycles. The molecule has 1 aliphatic heterocycles. The van der Waals surface area contributed by atoms with Crippen LogP contribution in [0, 0.1) is 0 Å². The van der Waals surface area contributed by atoms with Crippen molar-refractivity contribution < 1.29 is 0 Å². The lowest BCUT2D eigenvalue weighted by Crippen LogP contribution is -2.48. The fourth-order valence-electron chi connectivity index (χ4n) is 3.20. The molecule has 2 aromatic rings. The van der Waals surface area contributed by atoms with E-state index in [1.165, 1.54) is 5.00 Å². The van der Waals surface area contributed by atoms with Gasteiger partial charge in [-0.2, -0.15) is 0 Å². The minimum Gasteiger partial charge on any atom is -0.363 e. The molecule has 140 valence electrons. The molecule has 1 aromatic carbocycles. The highest BCUT2D eigenvalue weighted by atomic mass is 35.5. The number of rotatable bonds is 6. The van der Waals surface area contributed by atoms with Crippen molar-refractivity contribution in [2.24, 2.45) is 4.99 Å². The Hall–Kier alpha value is -1.72. The van der Waals surface area contributed by atoms with Crippen LogP contribution in [0.25, 0.3) is 0 Å². The lowest BCUT2D eigenvalue weighted by molar-refractivity contribution is 0.463. The lowest BCUT2D eigenvalue weighted by Gasteiger charge is -2.33. The quantitative estimate of drug-likeness (QED) is 0.574. The van der Waals surface area contributed by atoms with Gasteiger partial charge in [0.15, 0.2) is 5.96 Å². The van der Waals surface area contributed by atoms with E-state index in [0.717, 1.165) is 62.0 Å². The van der Waals surface area contributed by atoms with Crippen LogP contribution < -0.4 is 15.5 Å². The number of guanidine groups is 1. The summed E-state index contributed by atoms with van der Waals surface area (Å²) < 4.78 is 0. The number of nitrogens with zero attached hydrogens (tertiary/aromatic N) is 2. The molecule has 0 bridgehead atoms. The summed E-state index contributed by atoms with van der Waals surface area (Å²) in [7, 11) is 0. The molecule has 0 unspecified atom stereocenters. The maximum atomic E-state index is 6.23. The van der Waals surface area contributed by atoms with Crippen LogP contribution in [0.2, 0.25) is 5.02 Å². The summed E-state index contributed by atoms with van der Waals surface area (Å²) in [6, 6.07) is 12.8. The third-order valence-electron chi connectivity index (χ3n) is 4.61. The molecule has 0 amide bonds. The van der Waals surface area contributed by atoms with E-state index in [1.807, 2.05) is 29.5 Å². The van der Waals surface area contributed by atoms with Crippen molar-refractivity contribution in [3.05, 3.63) is 52.4 Å². The van der Waals surface area contributed by atoms with E-state index in [1.54, 1.807) is 0 Å². The first-order valence-electron chi connectivity index (χ1n) is 9.33. The van der Waals surface area contributed by atoms with Gasteiger partial charge in [0.25, 0.3) is 0 Å². The Kier molecular flexibility index (Phi) is 7.21. The molecule has 3 rings (SSSR count). The molecule has 2 heterocycles. The zero-order valence-corrected chi connectivity index (χ0v) is 16.8. The van der Waals surface area contributed by atoms with Gasteiger partial charge in [-0.1, -0.05) is 29.8 Å². The summed E-state index contributed by atoms with van der Waals surface area (Å²) in [4.78, 5) is 7.21. The number of thiophene rings is 1. The number of aliphatic imine (C=N–C) groups is 1. The van der Waals surface area contributed by atoms with Crippen LogP contribution in [0.1, 0.15) is 25.3 Å². The predicted molar refractivity (Wildman–Crippen MR) is 114 cm³/mol. The Morgan fingerprint density at radius 3 is 2.73 bits per heavy atom. The minimum absolute atomic E-state index is 0.476. The van der Waals surface area contributed by atoms with Gasteiger partial charge in [0, 0.05) is 37.2 Å². The van der Waals surface area contributed by atoms with Gasteiger partial charge in [0.05, 0.1) is 5.00 Å². The fraction of sp³-hybridized carbons (Fsp3) is 0.450. The van der Waals surface area contributed by atoms with Crippen molar-refractivity contribution in [1.82, 2.24) is 10.6 Å². The Morgan fingerprint density at radius 2 is 2.04 bits per heavy atom. The van der Waals surface area contributed by atoms with Crippen molar-refractivity contribution in [2.45, 2.75) is 32.2 Å². The highest BCUT2D eigenvalue weighted by Gasteiger charge is 2.20. The number of halogens is 1. The molecule has 1 saturated heterocycles. The van der Waals surface area contributed by atoms with Crippen LogP contribution in [-0.2, 0) is 6.42 Å². The fourth-order valence-corrected chi connectivity index (χ4v) is 4.21. The topological polar surface area (TPSA) is 39.7 Å². The molecule has 26 heavy (non-hydrogen) atoms. The Morgan fingerprint density at radius 1 is 1.23 bits per heavy atom. The Bertz CT molecular complexity index is 694. The number of piperidine rings is 1. The lowest BCUT2D eigenvalue weighted by atomic mass is 10.1. The normalized spacial score (nSPS) is 15.9. The van der Waals surface area contributed by atoms with Crippen molar-refractivity contribution in [3.8, 4) is 0 Å². The molecule has 4 nitrogen and oxygen atoms in total. The van der Waals surface area contributed by atoms with Crippen LogP contribution >= 0.6 is 22.9 Å². The summed E-state index contributed by atoms with van der Waals surface area (Å²) >= 11 is 8.05. The van der Waals surface area contributed by atoms with Crippen LogP contribution in [0.4, 0.5) is 5.00 Å². The smallest absolute Gasteiger partial charge is 0.191 e. The van der Waals surface area contributed by atoms with E-state index >= 15 is 0 Å². The van der Waals surface area contributed by atoms with Gasteiger partial charge in [-0.15, -0.1) is 11.3 Å². The van der Waals surface area contributed by atoms with Crippen molar-refractivity contribution >= 4 is 33.9 Å². The highest BCUT2D eigenvalue weighted by molar-refractivity contribution is 7.14. The number of hydrogen-bond donors (Lipinski definition) is 2. The number of nitrogens with one attached hydrogen (secondary N) is 2. The van der Waals surface area contributed by atoms with Crippen molar-refractivity contribution in [3.63, 3.8) is 0 Å². The van der Waals surface area contributed by atoms with E-state index in [2.05, 4.69) is 46.0 Å². The maximum Gasteiger partial charge on any atom is 0.191 e. The highest BCUT2D eigenvalue weighted by Crippen LogP contribution is 2.24. The van der Waals surface area contributed by atoms with Crippen LogP contribution in [0.3, 0.4) is 0 Å². The Balaban J connectivity index is 1.49. The predicted octanol–water partition coefficient (Wildman–Crippen LogP) is 4.17. The maximum absolute atomic E-state index is 6.23. The van der Waals surface area contributed by atoms with Gasteiger partial charge in [0.2, 0.25) is 0 Å². The molecular weight excluding hydrogens is 364 g/mol. The molecule has 0 spiro atoms. The molecule has 0 aliphatic carbocycles. The first kappa shape index (κ1) is 19.1. The standard InChI is InChI=1S/C20H27ClN4S/c1-2-22-20(23-12-9-16-6-3-4-7-18(16)21)24-17-10-13-25(14-11-17)19-8-5-15-26-19/h3-8,15,17H,2,9-14H2,1H3,(H2,22,23,24). The largest absolute Gasteiger partial charge is 0.363 e. The second-order valence-electron chi connectivity index (χ2n) is 6.46. The van der Waals surface area contributed by atoms with Crippen LogP contribution in [0.5, 0.6) is 0 Å². The monoisotopic (exact) mass is 390 g/mol. The van der Waals surface area contributed by atoms with Gasteiger partial charge in [-0.25, -0.2) is 0 Å². The van der Waals surface area contributed by atoms with Gasteiger partial charge in [0.1, 0.15) is 0 Å². The molecule has 1 fully saturated rings. The molecule has 1 aromatic heterocycles. The van der Waals surface area contributed by atoms with E-state index in [0.29, 0.717) is 6.04 Å². The zero-order valence-electron chi connectivity index (χ0n) is 15.2. The van der Waals surface area contributed by atoms with Gasteiger partial charge < -0.3 is 15.5 Å². The third kappa shape index (κ3) is 5.39. The van der Waals surface area contributed by atoms with Crippen LogP contribution in [0.15, 0.2) is 46.8 Å². The van der Waals surface area contributed by atoms with Crippen molar-refractivity contribution in [1.29, 1.82) is 0 Å². The first-order valence-corrected chi connectivity index (χ1v) is 10.6. The van der Waals surface area contributed by atoms with Crippen LogP contribution in [-0.4, -0.2) is 38.2 Å². The second-order valence-corrected chi connectivity index (χ2v) is 7.79. The zero-order chi connectivity index (χ0) is 18.2. The third-order valence-corrected chi connectivity index (χ3v) is 5.90. The Labute approximate surface area is 165 Å². The summed E-state index contributed by atoms with van der Waals surface area (Å²) in [5.74, 6) is 0.911. The average Bonchev–Trinajstić information content (AvgIpc) is 3.19. The molecule has 0 radical (unpaired) electrons. The molecule has 0 atom stereocenters. The molecular formula is C20H27ClN4S. The number of benzene rings is 1. The van der Waals surface area contributed by atoms with Gasteiger partial charge in [-0.3, -0.25) is 4.99 Å². The molecule has 1 aliphatic rings. The summed E-state index contributed by atoms with van der Waals surface area (Å²) in [5, 5.41) is 11.3. The number of hydrogen-bond acceptors (Lipinski definition) is 3. The second kappa shape index (κ2) is 9.83. The van der Waals surface area contributed by atoms with E-state index < -0.39 is 0 Å².